The van der Waals surface area contributed by atoms with Crippen LogP contribution in [0.5, 0.6) is 0 Å². The van der Waals surface area contributed by atoms with Crippen molar-refractivity contribution < 1.29 is 8.78 Å². The number of alkyl halides is 2. The fraction of sp³-hybridized carbons (Fsp3) is 0.520. The maximum Gasteiger partial charge on any atom is 0.267 e. The van der Waals surface area contributed by atoms with Crippen LogP contribution in [0.2, 0.25) is 0 Å². The van der Waals surface area contributed by atoms with Gasteiger partial charge < -0.3 is 4.90 Å². The zero-order valence-corrected chi connectivity index (χ0v) is 20.2. The number of halogens is 2. The van der Waals surface area contributed by atoms with E-state index < -0.39 is 11.8 Å². The Morgan fingerprint density at radius 3 is 2.71 bits per heavy atom. The van der Waals surface area contributed by atoms with Gasteiger partial charge in [0.05, 0.1) is 36.0 Å². The average molecular weight is 482 g/mol. The summed E-state index contributed by atoms with van der Waals surface area (Å²) >= 11 is 0. The molecule has 4 heterocycles. The standard InChI is InChI=1S/C25H29F2N7O/c1-4-19-15-32(16(2)17-5-6-21(29-13-17)20-12-25(20,26)27)9-10-33(19)22-11-23(35)31(3)34-14-18(7-8-28)30-24(22)34/h5-6,11,13-14,16,19-20H,4,7,9-10,12,15H2,1-3H3. The molecule has 8 nitrogen and oxygen atoms in total. The van der Waals surface area contributed by atoms with Crippen molar-refractivity contribution in [1.82, 2.24) is 24.1 Å². The number of aromatic nitrogens is 4. The zero-order chi connectivity index (χ0) is 24.9. The summed E-state index contributed by atoms with van der Waals surface area (Å²) in [5.74, 6) is -3.36. The minimum atomic E-state index is -2.61. The second-order valence-corrected chi connectivity index (χ2v) is 9.59. The molecule has 0 bridgehead atoms. The van der Waals surface area contributed by atoms with Gasteiger partial charge in [-0.25, -0.2) is 23.0 Å². The molecule has 2 aliphatic rings. The van der Waals surface area contributed by atoms with Gasteiger partial charge in [-0.15, -0.1) is 0 Å². The first kappa shape index (κ1) is 23.4. The minimum absolute atomic E-state index is 0.0878. The highest BCUT2D eigenvalue weighted by molar-refractivity contribution is 5.69. The van der Waals surface area contributed by atoms with Gasteiger partial charge in [-0.3, -0.25) is 14.7 Å². The monoisotopic (exact) mass is 481 g/mol. The van der Waals surface area contributed by atoms with E-state index in [1.807, 2.05) is 6.07 Å². The number of rotatable bonds is 6. The van der Waals surface area contributed by atoms with Gasteiger partial charge in [-0.05, 0) is 25.0 Å². The Labute approximate surface area is 202 Å². The van der Waals surface area contributed by atoms with Crippen LogP contribution in [0.3, 0.4) is 0 Å². The van der Waals surface area contributed by atoms with Gasteiger partial charge >= 0.3 is 0 Å². The Morgan fingerprint density at radius 1 is 1.31 bits per heavy atom. The van der Waals surface area contributed by atoms with Gasteiger partial charge in [-0.1, -0.05) is 13.0 Å². The molecule has 0 N–H and O–H groups in total. The van der Waals surface area contributed by atoms with Crippen molar-refractivity contribution >= 4 is 11.3 Å². The molecule has 5 rings (SSSR count). The molecule has 2 fully saturated rings. The highest BCUT2D eigenvalue weighted by Gasteiger charge is 2.58. The van der Waals surface area contributed by atoms with Gasteiger partial charge in [0.2, 0.25) is 0 Å². The molecule has 0 radical (unpaired) electrons. The van der Waals surface area contributed by atoms with Crippen molar-refractivity contribution in [2.75, 3.05) is 24.5 Å². The van der Waals surface area contributed by atoms with E-state index in [2.05, 4.69) is 39.7 Å². The maximum atomic E-state index is 13.4. The molecule has 10 heteroatoms. The molecule has 1 saturated carbocycles. The number of anilines is 1. The topological polar surface area (TPSA) is 82.5 Å². The highest BCUT2D eigenvalue weighted by atomic mass is 19.3. The van der Waals surface area contributed by atoms with Crippen molar-refractivity contribution in [3.05, 3.63) is 57.9 Å². The molecule has 1 aliphatic heterocycles. The highest BCUT2D eigenvalue weighted by Crippen LogP contribution is 2.55. The number of pyridine rings is 1. The van der Waals surface area contributed by atoms with Crippen LogP contribution in [0.4, 0.5) is 14.5 Å². The molecule has 3 aromatic heterocycles. The van der Waals surface area contributed by atoms with Gasteiger partial charge in [0.1, 0.15) is 0 Å². The van der Waals surface area contributed by atoms with Crippen LogP contribution < -0.4 is 10.5 Å². The molecule has 3 unspecified atom stereocenters. The van der Waals surface area contributed by atoms with Gasteiger partial charge in [0.15, 0.2) is 5.65 Å². The van der Waals surface area contributed by atoms with E-state index in [0.717, 1.165) is 30.8 Å². The summed E-state index contributed by atoms with van der Waals surface area (Å²) in [6.07, 6.45) is 4.43. The number of imidazole rings is 1. The van der Waals surface area contributed by atoms with E-state index in [-0.39, 0.29) is 30.5 Å². The summed E-state index contributed by atoms with van der Waals surface area (Å²) in [7, 11) is 1.69. The summed E-state index contributed by atoms with van der Waals surface area (Å²) in [6.45, 7) is 6.51. The number of piperazine rings is 1. The second kappa shape index (κ2) is 8.72. The van der Waals surface area contributed by atoms with Crippen molar-refractivity contribution in [2.45, 2.75) is 57.0 Å². The van der Waals surface area contributed by atoms with E-state index in [1.165, 1.54) is 4.68 Å². The Bertz CT molecular complexity index is 1340. The third kappa shape index (κ3) is 4.18. The van der Waals surface area contributed by atoms with Gasteiger partial charge in [0.25, 0.3) is 11.5 Å². The number of nitrogens with zero attached hydrogens (tertiary/aromatic N) is 7. The first-order valence-electron chi connectivity index (χ1n) is 12.0. The zero-order valence-electron chi connectivity index (χ0n) is 20.2. The van der Waals surface area contributed by atoms with Crippen LogP contribution in [-0.4, -0.2) is 55.7 Å². The number of hydrogen-bond acceptors (Lipinski definition) is 6. The fourth-order valence-electron chi connectivity index (χ4n) is 5.09. The average Bonchev–Trinajstić information content (AvgIpc) is 3.29. The van der Waals surface area contributed by atoms with Gasteiger partial charge in [-0.2, -0.15) is 5.26 Å². The lowest BCUT2D eigenvalue weighted by Crippen LogP contribution is -2.54. The molecule has 3 aromatic rings. The summed E-state index contributed by atoms with van der Waals surface area (Å²) in [5, 5.41) is 9.09. The van der Waals surface area contributed by atoms with E-state index in [1.54, 1.807) is 36.1 Å². The fourth-order valence-corrected chi connectivity index (χ4v) is 5.09. The van der Waals surface area contributed by atoms with E-state index in [0.29, 0.717) is 23.6 Å². The molecular weight excluding hydrogens is 452 g/mol. The lowest BCUT2D eigenvalue weighted by atomic mass is 10.0. The molecular formula is C25H29F2N7O. The van der Waals surface area contributed by atoms with E-state index >= 15 is 0 Å². The Morgan fingerprint density at radius 2 is 2.09 bits per heavy atom. The lowest BCUT2D eigenvalue weighted by Gasteiger charge is -2.44. The molecule has 0 spiro atoms. The number of fused-ring (bicyclic) bond motifs is 1. The lowest BCUT2D eigenvalue weighted by molar-refractivity contribution is 0.111. The molecule has 0 aromatic carbocycles. The van der Waals surface area contributed by atoms with Crippen LogP contribution in [-0.2, 0) is 13.5 Å². The summed E-state index contributed by atoms with van der Waals surface area (Å²) in [4.78, 5) is 26.3. The van der Waals surface area contributed by atoms with Crippen LogP contribution in [0.1, 0.15) is 55.6 Å². The van der Waals surface area contributed by atoms with Gasteiger partial charge in [0, 0.05) is 63.1 Å². The predicted octanol–water partition coefficient (Wildman–Crippen LogP) is 3.28. The summed E-state index contributed by atoms with van der Waals surface area (Å²) in [5.41, 5.74) is 3.43. The second-order valence-electron chi connectivity index (χ2n) is 9.59. The van der Waals surface area contributed by atoms with Crippen LogP contribution in [0.25, 0.3) is 5.65 Å². The minimum Gasteiger partial charge on any atom is -0.363 e. The number of nitriles is 1. The number of hydrogen-bond donors (Lipinski definition) is 0. The Balaban J connectivity index is 1.37. The Hall–Kier alpha value is -3.32. The summed E-state index contributed by atoms with van der Waals surface area (Å²) < 4.78 is 30.0. The number of aryl methyl sites for hydroxylation is 1. The van der Waals surface area contributed by atoms with Crippen molar-refractivity contribution in [3.63, 3.8) is 0 Å². The molecule has 1 saturated heterocycles. The predicted molar refractivity (Wildman–Crippen MR) is 128 cm³/mol. The van der Waals surface area contributed by atoms with Crippen molar-refractivity contribution in [3.8, 4) is 6.07 Å². The molecule has 1 aliphatic carbocycles. The third-order valence-corrected chi connectivity index (χ3v) is 7.45. The van der Waals surface area contributed by atoms with E-state index in [9.17, 15) is 13.6 Å². The van der Waals surface area contributed by atoms with Crippen LogP contribution in [0, 0.1) is 11.3 Å². The quantitative estimate of drug-likeness (QED) is 0.538. The molecule has 3 atom stereocenters. The molecule has 0 amide bonds. The normalized spacial score (nSPS) is 22.8. The van der Waals surface area contributed by atoms with Crippen LogP contribution in [0.15, 0.2) is 35.4 Å². The Kier molecular flexibility index (Phi) is 5.83. The first-order chi connectivity index (χ1) is 16.7. The molecule has 184 valence electrons. The SMILES string of the molecule is CCC1CN(C(C)c2ccc(C3CC3(F)F)nc2)CCN1c1cc(=O)n(C)n2cc(CC#N)nc12. The van der Waals surface area contributed by atoms with E-state index in [4.69, 9.17) is 5.26 Å². The first-order valence-corrected chi connectivity index (χ1v) is 12.0. The third-order valence-electron chi connectivity index (χ3n) is 7.45. The smallest absolute Gasteiger partial charge is 0.267 e. The molecule has 35 heavy (non-hydrogen) atoms. The van der Waals surface area contributed by atoms with Crippen LogP contribution >= 0.6 is 0 Å². The van der Waals surface area contributed by atoms with Crippen molar-refractivity contribution in [2.24, 2.45) is 7.05 Å². The maximum absolute atomic E-state index is 13.4. The van der Waals surface area contributed by atoms with Crippen molar-refractivity contribution in [1.29, 1.82) is 5.26 Å². The summed E-state index contributed by atoms with van der Waals surface area (Å²) in [6, 6.07) is 7.66. The largest absolute Gasteiger partial charge is 0.363 e.